The number of aromatic nitrogens is 1. The highest BCUT2D eigenvalue weighted by molar-refractivity contribution is 7.92. The lowest BCUT2D eigenvalue weighted by Gasteiger charge is -1.95. The van der Waals surface area contributed by atoms with Gasteiger partial charge in [-0.15, -0.1) is 12.6 Å². The molecule has 1 heterocycles. The fraction of sp³-hybridized carbons (Fsp3) is 0. The fourth-order valence-electron chi connectivity index (χ4n) is 0.597. The summed E-state index contributed by atoms with van der Waals surface area (Å²) in [5, 5.41) is 1.65. The lowest BCUT2D eigenvalue weighted by atomic mass is 10.3. The van der Waals surface area contributed by atoms with Crippen LogP contribution in [0.25, 0.3) is 4.91 Å². The third kappa shape index (κ3) is 1.78. The molecule has 52 valence electrons. The first kappa shape index (κ1) is 7.69. The molecule has 1 rings (SSSR count). The van der Waals surface area contributed by atoms with Crippen LogP contribution in [0.5, 0.6) is 0 Å². The highest BCUT2D eigenvalue weighted by Crippen LogP contribution is 2.16. The summed E-state index contributed by atoms with van der Waals surface area (Å²) in [6.07, 6.45) is 3.45. The second kappa shape index (κ2) is 3.68. The van der Waals surface area contributed by atoms with Crippen LogP contribution in [-0.2, 0) is 0 Å². The molecule has 1 nitrogen and oxygen atoms in total. The van der Waals surface area contributed by atoms with Crippen LogP contribution in [0.3, 0.4) is 0 Å². The summed E-state index contributed by atoms with van der Waals surface area (Å²) >= 11 is 8.14. The topological polar surface area (TPSA) is 12.9 Å². The molecule has 0 spiro atoms. The molecule has 0 unspecified atom stereocenters. The van der Waals surface area contributed by atoms with Crippen molar-refractivity contribution in [3.05, 3.63) is 35.5 Å². The van der Waals surface area contributed by atoms with Crippen LogP contribution in [0.1, 0.15) is 5.56 Å². The van der Waals surface area contributed by atoms with Gasteiger partial charge in [-0.1, -0.05) is 0 Å². The van der Waals surface area contributed by atoms with Crippen molar-refractivity contribution in [1.82, 2.24) is 4.98 Å². The molecular weight excluding hydrogens is 162 g/mol. The van der Waals surface area contributed by atoms with Crippen molar-refractivity contribution < 1.29 is 0 Å². The first-order valence-corrected chi connectivity index (χ1v) is 3.74. The van der Waals surface area contributed by atoms with E-state index in [9.17, 15) is 0 Å². The van der Waals surface area contributed by atoms with Gasteiger partial charge in [0, 0.05) is 17.3 Å². The van der Waals surface area contributed by atoms with E-state index < -0.39 is 0 Å². The average Bonchev–Trinajstić information content (AvgIpc) is 2.05. The van der Waals surface area contributed by atoms with Crippen molar-refractivity contribution in [2.75, 3.05) is 0 Å². The molecule has 0 atom stereocenters. The van der Waals surface area contributed by atoms with Gasteiger partial charge in [0.2, 0.25) is 0 Å². The normalized spacial score (nSPS) is 11.6. The lowest BCUT2D eigenvalue weighted by molar-refractivity contribution is 1.32. The summed E-state index contributed by atoms with van der Waals surface area (Å²) in [7, 11) is 0. The molecule has 0 aliphatic carbocycles. The second-order valence-corrected chi connectivity index (χ2v) is 2.49. The van der Waals surface area contributed by atoms with Gasteiger partial charge in [-0.2, -0.15) is 12.6 Å². The highest BCUT2D eigenvalue weighted by atomic mass is 32.1. The zero-order valence-electron chi connectivity index (χ0n) is 5.23. The Kier molecular flexibility index (Phi) is 2.83. The molecule has 0 saturated carbocycles. The van der Waals surface area contributed by atoms with Crippen LogP contribution >= 0.6 is 25.3 Å². The van der Waals surface area contributed by atoms with E-state index in [0.717, 1.165) is 10.5 Å². The van der Waals surface area contributed by atoms with Gasteiger partial charge < -0.3 is 0 Å². The summed E-state index contributed by atoms with van der Waals surface area (Å²) in [6.45, 7) is 0. The maximum Gasteiger partial charge on any atom is 0.0274 e. The van der Waals surface area contributed by atoms with Gasteiger partial charge in [0.05, 0.1) is 0 Å². The molecule has 10 heavy (non-hydrogen) atoms. The van der Waals surface area contributed by atoms with Crippen molar-refractivity contribution in [2.24, 2.45) is 0 Å². The molecule has 0 saturated heterocycles. The van der Waals surface area contributed by atoms with Crippen LogP contribution < -0.4 is 0 Å². The quantitative estimate of drug-likeness (QED) is 0.615. The molecule has 1 aromatic rings. The summed E-state index contributed by atoms with van der Waals surface area (Å²) in [6, 6.07) is 3.77. The van der Waals surface area contributed by atoms with E-state index in [1.165, 1.54) is 0 Å². The van der Waals surface area contributed by atoms with Crippen LogP contribution in [-0.4, -0.2) is 4.98 Å². The van der Waals surface area contributed by atoms with E-state index in [1.807, 2.05) is 12.1 Å². The van der Waals surface area contributed by atoms with Gasteiger partial charge in [0.1, 0.15) is 0 Å². The van der Waals surface area contributed by atoms with E-state index in [-0.39, 0.29) is 0 Å². The van der Waals surface area contributed by atoms with Crippen molar-refractivity contribution in [2.45, 2.75) is 0 Å². The Bertz CT molecular complexity index is 231. The van der Waals surface area contributed by atoms with Gasteiger partial charge >= 0.3 is 0 Å². The van der Waals surface area contributed by atoms with Crippen molar-refractivity contribution in [1.29, 1.82) is 0 Å². The van der Waals surface area contributed by atoms with Crippen LogP contribution in [0.4, 0.5) is 0 Å². The molecule has 0 amide bonds. The van der Waals surface area contributed by atoms with Gasteiger partial charge in [0.25, 0.3) is 0 Å². The lowest BCUT2D eigenvalue weighted by Crippen LogP contribution is -1.75. The first-order chi connectivity index (χ1) is 4.84. The van der Waals surface area contributed by atoms with E-state index in [0.29, 0.717) is 0 Å². The number of hydrogen-bond acceptors (Lipinski definition) is 3. The smallest absolute Gasteiger partial charge is 0.0274 e. The number of nitrogens with zero attached hydrogens (tertiary/aromatic N) is 1. The minimum atomic E-state index is 0.853. The molecule has 0 bridgehead atoms. The zero-order valence-corrected chi connectivity index (χ0v) is 7.02. The summed E-state index contributed by atoms with van der Waals surface area (Å²) in [5.41, 5.74) is 1.04. The second-order valence-electron chi connectivity index (χ2n) is 1.75. The zero-order chi connectivity index (χ0) is 7.40. The van der Waals surface area contributed by atoms with Gasteiger partial charge in [-0.05, 0) is 23.1 Å². The van der Waals surface area contributed by atoms with Crippen LogP contribution in [0.2, 0.25) is 0 Å². The van der Waals surface area contributed by atoms with Crippen molar-refractivity contribution in [3.8, 4) is 0 Å². The number of pyridine rings is 1. The summed E-state index contributed by atoms with van der Waals surface area (Å²) < 4.78 is 0. The SMILES string of the molecule is SC=C(S)c1ccncc1. The average molecular weight is 169 g/mol. The van der Waals surface area contributed by atoms with E-state index in [2.05, 4.69) is 30.2 Å². The van der Waals surface area contributed by atoms with Crippen molar-refractivity contribution >= 4 is 30.2 Å². The number of rotatable bonds is 1. The minimum Gasteiger partial charge on any atom is -0.265 e. The van der Waals surface area contributed by atoms with Crippen LogP contribution in [0.15, 0.2) is 29.9 Å². The van der Waals surface area contributed by atoms with Gasteiger partial charge in [-0.3, -0.25) is 4.98 Å². The molecule has 0 aromatic carbocycles. The maximum absolute atomic E-state index is 4.18. The number of hydrogen-bond donors (Lipinski definition) is 2. The fourth-order valence-corrected chi connectivity index (χ4v) is 0.895. The molecule has 0 N–H and O–H groups in total. The third-order valence-electron chi connectivity index (χ3n) is 1.10. The molecule has 0 aliphatic heterocycles. The predicted molar refractivity (Wildman–Crippen MR) is 50.2 cm³/mol. The molecule has 1 aromatic heterocycles. The predicted octanol–water partition coefficient (Wildman–Crippen LogP) is 2.24. The molecule has 0 fully saturated rings. The maximum atomic E-state index is 4.18. The number of thiol groups is 2. The van der Waals surface area contributed by atoms with E-state index in [1.54, 1.807) is 17.8 Å². The molecular formula is C7H7NS2. The Labute approximate surface area is 71.0 Å². The van der Waals surface area contributed by atoms with Crippen molar-refractivity contribution in [3.63, 3.8) is 0 Å². The Morgan fingerprint density at radius 3 is 2.50 bits per heavy atom. The largest absolute Gasteiger partial charge is 0.265 e. The van der Waals surface area contributed by atoms with Gasteiger partial charge in [0.15, 0.2) is 0 Å². The van der Waals surface area contributed by atoms with Crippen LogP contribution in [0, 0.1) is 0 Å². The Morgan fingerprint density at radius 2 is 2.00 bits per heavy atom. The monoisotopic (exact) mass is 169 g/mol. The molecule has 0 radical (unpaired) electrons. The minimum absolute atomic E-state index is 0.853. The summed E-state index contributed by atoms with van der Waals surface area (Å²) in [5.74, 6) is 0. The Balaban J connectivity index is 2.96. The van der Waals surface area contributed by atoms with E-state index in [4.69, 9.17) is 0 Å². The molecule has 0 aliphatic rings. The highest BCUT2D eigenvalue weighted by Gasteiger charge is 1.90. The molecule has 3 heteroatoms. The van der Waals surface area contributed by atoms with E-state index >= 15 is 0 Å². The third-order valence-corrected chi connectivity index (χ3v) is 1.95. The Morgan fingerprint density at radius 1 is 1.40 bits per heavy atom. The summed E-state index contributed by atoms with van der Waals surface area (Å²) in [4.78, 5) is 4.73. The van der Waals surface area contributed by atoms with Gasteiger partial charge in [-0.25, -0.2) is 0 Å². The first-order valence-electron chi connectivity index (χ1n) is 2.78. The standard InChI is InChI=1S/C7H7NS2/c9-5-7(10)6-1-3-8-4-2-6/h1-5,9-10H. The Hall–Kier alpha value is -0.410.